The van der Waals surface area contributed by atoms with Crippen molar-refractivity contribution in [2.24, 2.45) is 5.92 Å². The molecule has 0 spiro atoms. The van der Waals surface area contributed by atoms with Gasteiger partial charge in [0.1, 0.15) is 5.75 Å². The Kier molecular flexibility index (Phi) is 3.95. The summed E-state index contributed by atoms with van der Waals surface area (Å²) < 4.78 is 0. The Labute approximate surface area is 120 Å². The largest absolute Gasteiger partial charge is 0.508 e. The van der Waals surface area contributed by atoms with Gasteiger partial charge < -0.3 is 10.0 Å². The van der Waals surface area contributed by atoms with E-state index in [1.54, 1.807) is 12.1 Å². The van der Waals surface area contributed by atoms with Gasteiger partial charge in [0.2, 0.25) is 5.91 Å². The van der Waals surface area contributed by atoms with Crippen LogP contribution in [0.15, 0.2) is 24.3 Å². The number of hydrogen-bond donors (Lipinski definition) is 1. The highest BCUT2D eigenvalue weighted by Gasteiger charge is 2.27. The topological polar surface area (TPSA) is 40.5 Å². The second-order valence-corrected chi connectivity index (χ2v) is 6.25. The number of nitrogens with zero attached hydrogens (tertiary/aromatic N) is 1. The molecule has 0 aromatic heterocycles. The maximum atomic E-state index is 12.2. The molecule has 1 aliphatic carbocycles. The number of rotatable bonds is 3. The fourth-order valence-electron chi connectivity index (χ4n) is 3.28. The van der Waals surface area contributed by atoms with Crippen LogP contribution in [-0.2, 0) is 4.79 Å². The third kappa shape index (κ3) is 2.97. The summed E-state index contributed by atoms with van der Waals surface area (Å²) in [5.41, 5.74) is 1.29. The van der Waals surface area contributed by atoms with Gasteiger partial charge in [0, 0.05) is 19.5 Å². The normalized spacial score (nSPS) is 20.7. The maximum absolute atomic E-state index is 12.2. The standard InChI is InChI=1S/C17H23NO2/c19-16-6-4-14(5-7-16)15-8-10-18(11-9-15)17(20)12-13-2-1-3-13/h4-7,13,15,19H,1-3,8-12H2. The number of likely N-dealkylation sites (tertiary alicyclic amines) is 1. The predicted molar refractivity (Wildman–Crippen MR) is 78.6 cm³/mol. The molecule has 1 aliphatic heterocycles. The maximum Gasteiger partial charge on any atom is 0.222 e. The summed E-state index contributed by atoms with van der Waals surface area (Å²) in [5.74, 6) is 1.88. The second kappa shape index (κ2) is 5.86. The van der Waals surface area contributed by atoms with E-state index in [1.165, 1.54) is 24.8 Å². The highest BCUT2D eigenvalue weighted by molar-refractivity contribution is 5.76. The lowest BCUT2D eigenvalue weighted by molar-refractivity contribution is -0.133. The number of hydrogen-bond acceptors (Lipinski definition) is 2. The lowest BCUT2D eigenvalue weighted by Gasteiger charge is -2.34. The van der Waals surface area contributed by atoms with Crippen molar-refractivity contribution in [2.45, 2.75) is 44.4 Å². The first-order chi connectivity index (χ1) is 9.72. The van der Waals surface area contributed by atoms with Crippen molar-refractivity contribution in [2.75, 3.05) is 13.1 Å². The number of amides is 1. The lowest BCUT2D eigenvalue weighted by atomic mass is 9.82. The summed E-state index contributed by atoms with van der Waals surface area (Å²) in [7, 11) is 0. The lowest BCUT2D eigenvalue weighted by Crippen LogP contribution is -2.39. The SMILES string of the molecule is O=C(CC1CCC1)N1CCC(c2ccc(O)cc2)CC1. The molecule has 3 rings (SSSR count). The first kappa shape index (κ1) is 13.5. The molecule has 0 atom stereocenters. The zero-order valence-electron chi connectivity index (χ0n) is 11.9. The molecule has 1 saturated carbocycles. The van der Waals surface area contributed by atoms with Crippen LogP contribution in [0.1, 0.15) is 50.0 Å². The van der Waals surface area contributed by atoms with Gasteiger partial charge in [-0.1, -0.05) is 18.6 Å². The number of benzene rings is 1. The molecule has 2 fully saturated rings. The Bertz CT molecular complexity index is 456. The van der Waals surface area contributed by atoms with Crippen LogP contribution in [0.4, 0.5) is 0 Å². The average Bonchev–Trinajstić information content (AvgIpc) is 2.44. The Morgan fingerprint density at radius 2 is 1.75 bits per heavy atom. The van der Waals surface area contributed by atoms with Crippen molar-refractivity contribution in [1.29, 1.82) is 0 Å². The molecule has 20 heavy (non-hydrogen) atoms. The van der Waals surface area contributed by atoms with Crippen LogP contribution < -0.4 is 0 Å². The van der Waals surface area contributed by atoms with Gasteiger partial charge in [-0.25, -0.2) is 0 Å². The molecule has 0 bridgehead atoms. The molecular formula is C17H23NO2. The predicted octanol–water partition coefficient (Wildman–Crippen LogP) is 3.29. The van der Waals surface area contributed by atoms with E-state index in [-0.39, 0.29) is 0 Å². The molecule has 1 amide bonds. The third-order valence-electron chi connectivity index (χ3n) is 4.90. The first-order valence-electron chi connectivity index (χ1n) is 7.79. The van der Waals surface area contributed by atoms with Crippen LogP contribution in [0.25, 0.3) is 0 Å². The Morgan fingerprint density at radius 3 is 2.30 bits per heavy atom. The molecule has 1 saturated heterocycles. The minimum Gasteiger partial charge on any atom is -0.508 e. The highest BCUT2D eigenvalue weighted by Crippen LogP contribution is 2.32. The van der Waals surface area contributed by atoms with E-state index >= 15 is 0 Å². The number of phenolic OH excluding ortho intramolecular Hbond substituents is 1. The zero-order chi connectivity index (χ0) is 13.9. The fourth-order valence-corrected chi connectivity index (χ4v) is 3.28. The van der Waals surface area contributed by atoms with E-state index in [0.29, 0.717) is 23.5 Å². The molecule has 0 unspecified atom stereocenters. The van der Waals surface area contributed by atoms with Crippen LogP contribution in [-0.4, -0.2) is 29.0 Å². The van der Waals surface area contributed by atoms with Gasteiger partial charge in [-0.3, -0.25) is 4.79 Å². The van der Waals surface area contributed by atoms with E-state index in [0.717, 1.165) is 32.4 Å². The quantitative estimate of drug-likeness (QED) is 0.918. The summed E-state index contributed by atoms with van der Waals surface area (Å²) in [5, 5.41) is 9.33. The van der Waals surface area contributed by atoms with E-state index in [2.05, 4.69) is 4.90 Å². The van der Waals surface area contributed by atoms with Gasteiger partial charge in [0.15, 0.2) is 0 Å². The summed E-state index contributed by atoms with van der Waals surface area (Å²) >= 11 is 0. The van der Waals surface area contributed by atoms with Gasteiger partial charge in [0.05, 0.1) is 0 Å². The van der Waals surface area contributed by atoms with Gasteiger partial charge in [0.25, 0.3) is 0 Å². The van der Waals surface area contributed by atoms with Crippen molar-refractivity contribution in [3.05, 3.63) is 29.8 Å². The minimum atomic E-state index is 0.321. The van der Waals surface area contributed by atoms with Crippen LogP contribution in [0.2, 0.25) is 0 Å². The van der Waals surface area contributed by atoms with Crippen molar-refractivity contribution in [3.8, 4) is 5.75 Å². The van der Waals surface area contributed by atoms with Crippen LogP contribution >= 0.6 is 0 Å². The van der Waals surface area contributed by atoms with Gasteiger partial charge >= 0.3 is 0 Å². The third-order valence-corrected chi connectivity index (χ3v) is 4.90. The molecule has 3 heteroatoms. The number of phenols is 1. The van der Waals surface area contributed by atoms with Crippen molar-refractivity contribution in [3.63, 3.8) is 0 Å². The Morgan fingerprint density at radius 1 is 1.10 bits per heavy atom. The van der Waals surface area contributed by atoms with E-state index in [9.17, 15) is 9.90 Å². The van der Waals surface area contributed by atoms with Crippen LogP contribution in [0, 0.1) is 5.92 Å². The molecule has 2 aliphatic rings. The summed E-state index contributed by atoms with van der Waals surface area (Å²) in [6, 6.07) is 7.52. The smallest absolute Gasteiger partial charge is 0.222 e. The van der Waals surface area contributed by atoms with E-state index < -0.39 is 0 Å². The molecule has 1 N–H and O–H groups in total. The fraction of sp³-hybridized carbons (Fsp3) is 0.588. The van der Waals surface area contributed by atoms with Gasteiger partial charge in [-0.2, -0.15) is 0 Å². The second-order valence-electron chi connectivity index (χ2n) is 6.25. The molecule has 3 nitrogen and oxygen atoms in total. The zero-order valence-corrected chi connectivity index (χ0v) is 11.9. The summed E-state index contributed by atoms with van der Waals surface area (Å²) in [6.45, 7) is 1.77. The molecule has 0 radical (unpaired) electrons. The number of piperidine rings is 1. The molecule has 1 heterocycles. The van der Waals surface area contributed by atoms with Crippen molar-refractivity contribution >= 4 is 5.91 Å². The summed E-state index contributed by atoms with van der Waals surface area (Å²) in [4.78, 5) is 14.2. The molecule has 1 aromatic carbocycles. The number of carbonyl (C=O) groups excluding carboxylic acids is 1. The first-order valence-corrected chi connectivity index (χ1v) is 7.79. The summed E-state index contributed by atoms with van der Waals surface area (Å²) in [6.07, 6.45) is 6.65. The van der Waals surface area contributed by atoms with Crippen LogP contribution in [0.5, 0.6) is 5.75 Å². The van der Waals surface area contributed by atoms with E-state index in [1.807, 2.05) is 12.1 Å². The minimum absolute atomic E-state index is 0.321. The molecule has 108 valence electrons. The average molecular weight is 273 g/mol. The Hall–Kier alpha value is -1.51. The molecule has 1 aromatic rings. The number of aromatic hydroxyl groups is 1. The van der Waals surface area contributed by atoms with Gasteiger partial charge in [-0.05, 0) is 55.2 Å². The van der Waals surface area contributed by atoms with Gasteiger partial charge in [-0.15, -0.1) is 0 Å². The van der Waals surface area contributed by atoms with Crippen LogP contribution in [0.3, 0.4) is 0 Å². The molecular weight excluding hydrogens is 250 g/mol. The van der Waals surface area contributed by atoms with E-state index in [4.69, 9.17) is 0 Å². The number of carbonyl (C=O) groups is 1. The Balaban J connectivity index is 1.51. The highest BCUT2D eigenvalue weighted by atomic mass is 16.3. The van der Waals surface area contributed by atoms with Crippen molar-refractivity contribution in [1.82, 2.24) is 4.90 Å². The monoisotopic (exact) mass is 273 g/mol. The van der Waals surface area contributed by atoms with Crippen molar-refractivity contribution < 1.29 is 9.90 Å².